The van der Waals surface area contributed by atoms with Crippen LogP contribution in [0.3, 0.4) is 0 Å². The van der Waals surface area contributed by atoms with Crippen LogP contribution in [0.25, 0.3) is 0 Å². The van der Waals surface area contributed by atoms with Crippen LogP contribution >= 0.6 is 0 Å². The summed E-state index contributed by atoms with van der Waals surface area (Å²) in [7, 11) is 0. The van der Waals surface area contributed by atoms with Gasteiger partial charge in [-0.15, -0.1) is 0 Å². The highest BCUT2D eigenvalue weighted by Crippen LogP contribution is 2.58. The first-order valence-electron chi connectivity index (χ1n) is 12.6. The van der Waals surface area contributed by atoms with Crippen molar-refractivity contribution in [3.63, 3.8) is 0 Å². The minimum Gasteiger partial charge on any atom is -0.311 e. The van der Waals surface area contributed by atoms with E-state index in [1.165, 1.54) is 4.90 Å². The number of fused-ring (bicyclic) bond motifs is 3. The van der Waals surface area contributed by atoms with Crippen molar-refractivity contribution in [2.75, 3.05) is 21.7 Å². The van der Waals surface area contributed by atoms with E-state index < -0.39 is 11.6 Å². The number of imide groups is 1. The fourth-order valence-electron chi connectivity index (χ4n) is 5.95. The molecular formula is C27H27N5O4. The number of urea groups is 1. The van der Waals surface area contributed by atoms with E-state index in [1.807, 2.05) is 23.1 Å². The highest BCUT2D eigenvalue weighted by Gasteiger charge is 2.56. The topological polar surface area (TPSA) is 103 Å². The van der Waals surface area contributed by atoms with Crippen LogP contribution in [0.15, 0.2) is 30.5 Å². The second kappa shape index (κ2) is 6.93. The summed E-state index contributed by atoms with van der Waals surface area (Å²) in [6.45, 7) is 4.37. The zero-order chi connectivity index (χ0) is 25.0. The highest BCUT2D eigenvalue weighted by atomic mass is 16.2. The van der Waals surface area contributed by atoms with E-state index in [4.69, 9.17) is 0 Å². The number of hydrogen-bond acceptors (Lipinski definition) is 5. The normalized spacial score (nSPS) is 22.8. The smallest absolute Gasteiger partial charge is 0.311 e. The molecule has 5 amide bonds. The lowest BCUT2D eigenvalue weighted by atomic mass is 9.98. The van der Waals surface area contributed by atoms with Gasteiger partial charge in [-0.3, -0.25) is 14.4 Å². The van der Waals surface area contributed by atoms with E-state index in [0.29, 0.717) is 18.1 Å². The average Bonchev–Trinajstić information content (AvgIpc) is 3.75. The van der Waals surface area contributed by atoms with E-state index in [2.05, 4.69) is 10.3 Å². The van der Waals surface area contributed by atoms with Gasteiger partial charge in [-0.05, 0) is 68.9 Å². The molecule has 1 saturated heterocycles. The number of amides is 5. The summed E-state index contributed by atoms with van der Waals surface area (Å²) in [5.41, 5.74) is 3.00. The maximum atomic E-state index is 13.7. The van der Waals surface area contributed by atoms with Gasteiger partial charge in [0.25, 0.3) is 5.91 Å². The Morgan fingerprint density at radius 2 is 1.92 bits per heavy atom. The number of pyridine rings is 1. The maximum absolute atomic E-state index is 13.7. The molecule has 1 aromatic carbocycles. The van der Waals surface area contributed by atoms with Gasteiger partial charge in [0.1, 0.15) is 11.4 Å². The van der Waals surface area contributed by atoms with Crippen LogP contribution in [-0.2, 0) is 32.8 Å². The second-order valence-electron chi connectivity index (χ2n) is 11.3. The number of nitrogens with zero attached hydrogens (tertiary/aromatic N) is 4. The average molecular weight is 486 g/mol. The molecule has 9 nitrogen and oxygen atoms in total. The first-order chi connectivity index (χ1) is 17.2. The fourth-order valence-corrected chi connectivity index (χ4v) is 5.95. The minimum absolute atomic E-state index is 0.0376. The van der Waals surface area contributed by atoms with Gasteiger partial charge < -0.3 is 15.1 Å². The molecule has 9 heteroatoms. The van der Waals surface area contributed by atoms with E-state index in [1.54, 1.807) is 31.0 Å². The minimum atomic E-state index is -1.08. The van der Waals surface area contributed by atoms with Crippen molar-refractivity contribution in [2.45, 2.75) is 63.5 Å². The third-order valence-electron chi connectivity index (χ3n) is 8.51. The van der Waals surface area contributed by atoms with Gasteiger partial charge in [-0.1, -0.05) is 6.07 Å². The standard InChI is InChI=1S/C27H27N5O4/c1-26(2)24(35)32(25(36)31(26)13-16-7-10-28-22-18(16)12-21(33)29-22)17-5-6-19-20(11-17)30(14-27(19)8-9-27)23(34)15-3-4-15/h5-7,10-11,15H,3-4,8-9,12-14H2,1-2H3,(H,28,29,33). The summed E-state index contributed by atoms with van der Waals surface area (Å²) in [5.74, 6) is 0.326. The van der Waals surface area contributed by atoms with Gasteiger partial charge in [0.05, 0.1) is 12.1 Å². The van der Waals surface area contributed by atoms with E-state index in [-0.39, 0.29) is 42.0 Å². The number of carbonyl (C=O) groups excluding carboxylic acids is 4. The third-order valence-corrected chi connectivity index (χ3v) is 8.51. The van der Waals surface area contributed by atoms with Crippen LogP contribution in [-0.4, -0.2) is 45.7 Å². The largest absolute Gasteiger partial charge is 0.332 e. The molecule has 0 bridgehead atoms. The third kappa shape index (κ3) is 2.91. The van der Waals surface area contributed by atoms with E-state index >= 15 is 0 Å². The first-order valence-corrected chi connectivity index (χ1v) is 12.6. The summed E-state index contributed by atoms with van der Waals surface area (Å²) >= 11 is 0. The van der Waals surface area contributed by atoms with Crippen LogP contribution in [0.4, 0.5) is 22.0 Å². The predicted octanol–water partition coefficient (Wildman–Crippen LogP) is 3.11. The van der Waals surface area contributed by atoms with E-state index in [9.17, 15) is 19.2 Å². The van der Waals surface area contributed by atoms with Crippen LogP contribution < -0.4 is 15.1 Å². The quantitative estimate of drug-likeness (QED) is 0.671. The molecule has 7 rings (SSSR count). The summed E-state index contributed by atoms with van der Waals surface area (Å²) < 4.78 is 0. The molecule has 0 unspecified atom stereocenters. The molecule has 3 aliphatic heterocycles. The Balaban J connectivity index is 1.23. The van der Waals surface area contributed by atoms with Gasteiger partial charge in [0.2, 0.25) is 11.8 Å². The molecule has 2 saturated carbocycles. The van der Waals surface area contributed by atoms with E-state index in [0.717, 1.165) is 48.1 Å². The zero-order valence-electron chi connectivity index (χ0n) is 20.3. The number of rotatable bonds is 4. The molecule has 1 aromatic heterocycles. The summed E-state index contributed by atoms with van der Waals surface area (Å²) in [6.07, 6.45) is 5.79. The lowest BCUT2D eigenvalue weighted by molar-refractivity contribution is -0.123. The lowest BCUT2D eigenvalue weighted by Gasteiger charge is -2.28. The molecule has 36 heavy (non-hydrogen) atoms. The Labute approximate surface area is 208 Å². The van der Waals surface area contributed by atoms with Crippen molar-refractivity contribution in [2.24, 2.45) is 5.92 Å². The number of anilines is 3. The van der Waals surface area contributed by atoms with Crippen LogP contribution in [0, 0.1) is 5.92 Å². The SMILES string of the molecule is CC1(C)C(=O)N(c2ccc3c(c2)N(C(=O)C2CC2)CC32CC2)C(=O)N1Cc1ccnc2c1CC(=O)N2. The number of nitrogens with one attached hydrogen (secondary N) is 1. The molecule has 0 atom stereocenters. The van der Waals surface area contributed by atoms with Crippen molar-refractivity contribution in [3.05, 3.63) is 47.2 Å². The van der Waals surface area contributed by atoms with Gasteiger partial charge >= 0.3 is 6.03 Å². The number of carbonyl (C=O) groups is 4. The molecule has 184 valence electrons. The molecular weight excluding hydrogens is 458 g/mol. The Hall–Kier alpha value is -3.75. The van der Waals surface area contributed by atoms with Gasteiger partial charge in [0, 0.05) is 41.9 Å². The molecule has 3 fully saturated rings. The Morgan fingerprint density at radius 3 is 2.64 bits per heavy atom. The predicted molar refractivity (Wildman–Crippen MR) is 132 cm³/mol. The highest BCUT2D eigenvalue weighted by molar-refractivity contribution is 6.23. The molecule has 5 aliphatic rings. The van der Waals surface area contributed by atoms with Crippen LogP contribution in [0.1, 0.15) is 56.2 Å². The Kier molecular flexibility index (Phi) is 4.14. The Morgan fingerprint density at radius 1 is 1.14 bits per heavy atom. The first kappa shape index (κ1) is 21.5. The van der Waals surface area contributed by atoms with Gasteiger partial charge in [-0.2, -0.15) is 0 Å². The lowest BCUT2D eigenvalue weighted by Crippen LogP contribution is -2.43. The second-order valence-corrected chi connectivity index (χ2v) is 11.3. The zero-order valence-corrected chi connectivity index (χ0v) is 20.3. The summed E-state index contributed by atoms with van der Waals surface area (Å²) in [5, 5.41) is 2.74. The molecule has 2 aliphatic carbocycles. The number of benzene rings is 1. The van der Waals surface area contributed by atoms with Gasteiger partial charge in [-0.25, -0.2) is 14.7 Å². The summed E-state index contributed by atoms with van der Waals surface area (Å²) in [6, 6.07) is 7.08. The van der Waals surface area contributed by atoms with Gasteiger partial charge in [0.15, 0.2) is 0 Å². The van der Waals surface area contributed by atoms with Crippen molar-refractivity contribution >= 4 is 40.9 Å². The van der Waals surface area contributed by atoms with Crippen molar-refractivity contribution in [1.29, 1.82) is 0 Å². The number of hydrogen-bond donors (Lipinski definition) is 1. The van der Waals surface area contributed by atoms with Crippen molar-refractivity contribution < 1.29 is 19.2 Å². The number of aromatic nitrogens is 1. The molecule has 1 N–H and O–H groups in total. The maximum Gasteiger partial charge on any atom is 0.332 e. The van der Waals surface area contributed by atoms with Crippen molar-refractivity contribution in [1.82, 2.24) is 9.88 Å². The molecule has 1 spiro atoms. The van der Waals surface area contributed by atoms with Crippen LogP contribution in [0.2, 0.25) is 0 Å². The molecule has 4 heterocycles. The van der Waals surface area contributed by atoms with Crippen LogP contribution in [0.5, 0.6) is 0 Å². The van der Waals surface area contributed by atoms with Crippen molar-refractivity contribution in [3.8, 4) is 0 Å². The molecule has 2 aromatic rings. The monoisotopic (exact) mass is 485 g/mol. The fraction of sp³-hybridized carbons (Fsp3) is 0.444. The molecule has 0 radical (unpaired) electrons. The Bertz CT molecular complexity index is 1390. The summed E-state index contributed by atoms with van der Waals surface area (Å²) in [4.78, 5) is 61.2.